The van der Waals surface area contributed by atoms with Crippen LogP contribution in [0.3, 0.4) is 0 Å². The number of hydrogen-bond donors (Lipinski definition) is 1. The molecule has 2 aromatic rings. The van der Waals surface area contributed by atoms with E-state index in [-0.39, 0.29) is 24.9 Å². The van der Waals surface area contributed by atoms with E-state index in [4.69, 9.17) is 14.2 Å². The molecule has 0 saturated carbocycles. The van der Waals surface area contributed by atoms with Gasteiger partial charge in [0.15, 0.2) is 17.6 Å². The molecule has 1 N–H and O–H groups in total. The van der Waals surface area contributed by atoms with E-state index < -0.39 is 22.0 Å². The molecule has 1 aliphatic heterocycles. The maximum Gasteiger partial charge on any atom is 0.263 e. The number of nitrogens with one attached hydrogen (secondary N) is 1. The number of para-hydroxylation sites is 2. The number of carbonyl (C=O) groups excluding carboxylic acids is 1. The largest absolute Gasteiger partial charge is 0.493 e. The lowest BCUT2D eigenvalue weighted by Gasteiger charge is -2.34. The molecular weight excluding hydrogens is 420 g/mol. The van der Waals surface area contributed by atoms with Crippen molar-refractivity contribution >= 4 is 21.6 Å². The normalized spacial score (nSPS) is 15.8. The predicted molar refractivity (Wildman–Crippen MR) is 118 cm³/mol. The molecule has 0 unspecified atom stereocenters. The summed E-state index contributed by atoms with van der Waals surface area (Å²) in [5.74, 6) is 1.10. The van der Waals surface area contributed by atoms with Gasteiger partial charge < -0.3 is 19.5 Å². The third kappa shape index (κ3) is 5.22. The zero-order valence-electron chi connectivity index (χ0n) is 18.1. The van der Waals surface area contributed by atoms with Crippen LogP contribution in [0.4, 0.5) is 5.69 Å². The van der Waals surface area contributed by atoms with Gasteiger partial charge in [0.25, 0.3) is 5.91 Å². The molecule has 0 aromatic heterocycles. The highest BCUT2D eigenvalue weighted by molar-refractivity contribution is 7.92. The second-order valence-corrected chi connectivity index (χ2v) is 9.56. The summed E-state index contributed by atoms with van der Waals surface area (Å²) in [5.41, 5.74) is 1.26. The number of fused-ring (bicyclic) bond motifs is 1. The van der Waals surface area contributed by atoms with Crippen molar-refractivity contribution in [1.82, 2.24) is 5.32 Å². The molecule has 0 fully saturated rings. The van der Waals surface area contributed by atoms with Crippen LogP contribution < -0.4 is 23.8 Å². The number of methoxy groups -OCH3 is 1. The van der Waals surface area contributed by atoms with E-state index in [2.05, 4.69) is 5.32 Å². The molecule has 0 bridgehead atoms. The summed E-state index contributed by atoms with van der Waals surface area (Å²) < 4.78 is 43.2. The van der Waals surface area contributed by atoms with Gasteiger partial charge in [-0.15, -0.1) is 0 Å². The standard InChI is InChI=1S/C22H28N2O6S/c1-5-31(26,27)24-14-21(30-18-9-7-6-8-17(18)24)22(25)23-13-16-10-11-19(29-15(2)3)20(12-16)28-4/h6-12,15,21H,5,13-14H2,1-4H3,(H,23,25)/t21-/m0/s1. The molecule has 0 aliphatic carbocycles. The summed E-state index contributed by atoms with van der Waals surface area (Å²) in [6.07, 6.45) is -0.949. The van der Waals surface area contributed by atoms with Crippen molar-refractivity contribution in [3.8, 4) is 17.2 Å². The number of hydrogen-bond acceptors (Lipinski definition) is 6. The molecule has 9 heteroatoms. The van der Waals surface area contributed by atoms with E-state index >= 15 is 0 Å². The van der Waals surface area contributed by atoms with E-state index in [1.54, 1.807) is 50.4 Å². The molecule has 0 saturated heterocycles. The Labute approximate surface area is 183 Å². The summed E-state index contributed by atoms with van der Waals surface area (Å²) in [6.45, 7) is 5.58. The zero-order chi connectivity index (χ0) is 22.6. The SMILES string of the molecule is CCS(=O)(=O)N1C[C@@H](C(=O)NCc2ccc(OC(C)C)c(OC)c2)Oc2ccccc21. The number of benzene rings is 2. The first-order chi connectivity index (χ1) is 14.7. The Balaban J connectivity index is 1.72. The maximum atomic E-state index is 12.8. The molecule has 3 rings (SSSR count). The zero-order valence-corrected chi connectivity index (χ0v) is 18.9. The Hall–Kier alpha value is -2.94. The minimum Gasteiger partial charge on any atom is -0.493 e. The number of rotatable bonds is 8. The Morgan fingerprint density at radius 1 is 1.23 bits per heavy atom. The van der Waals surface area contributed by atoms with Crippen LogP contribution in [0, 0.1) is 0 Å². The molecule has 168 valence electrons. The van der Waals surface area contributed by atoms with Gasteiger partial charge in [-0.25, -0.2) is 8.42 Å². The Bertz CT molecular complexity index is 1040. The Morgan fingerprint density at radius 3 is 2.65 bits per heavy atom. The van der Waals surface area contributed by atoms with Crippen molar-refractivity contribution in [2.75, 3.05) is 23.7 Å². The number of carbonyl (C=O) groups is 1. The van der Waals surface area contributed by atoms with Crippen LogP contribution in [0.15, 0.2) is 42.5 Å². The van der Waals surface area contributed by atoms with Crippen LogP contribution in [0.2, 0.25) is 0 Å². The lowest BCUT2D eigenvalue weighted by Crippen LogP contribution is -2.50. The molecule has 2 aromatic carbocycles. The van der Waals surface area contributed by atoms with Crippen LogP contribution in [-0.2, 0) is 21.4 Å². The van der Waals surface area contributed by atoms with Gasteiger partial charge in [0.1, 0.15) is 5.75 Å². The lowest BCUT2D eigenvalue weighted by molar-refractivity contribution is -0.127. The van der Waals surface area contributed by atoms with Crippen LogP contribution in [0.5, 0.6) is 17.2 Å². The minimum atomic E-state index is -3.55. The molecule has 1 aliphatic rings. The van der Waals surface area contributed by atoms with E-state index in [0.717, 1.165) is 5.56 Å². The predicted octanol–water partition coefficient (Wildman–Crippen LogP) is 2.72. The van der Waals surface area contributed by atoms with Gasteiger partial charge in [0.2, 0.25) is 10.0 Å². The average molecular weight is 449 g/mol. The molecule has 0 spiro atoms. The van der Waals surface area contributed by atoms with Gasteiger partial charge in [-0.3, -0.25) is 9.10 Å². The lowest BCUT2D eigenvalue weighted by atomic mass is 10.2. The van der Waals surface area contributed by atoms with Gasteiger partial charge in [-0.05, 0) is 50.6 Å². The number of ether oxygens (including phenoxy) is 3. The van der Waals surface area contributed by atoms with Crippen molar-refractivity contribution in [2.45, 2.75) is 39.5 Å². The number of anilines is 1. The number of sulfonamides is 1. The first kappa shape index (κ1) is 22.7. The van der Waals surface area contributed by atoms with Crippen molar-refractivity contribution < 1.29 is 27.4 Å². The molecule has 1 atom stereocenters. The van der Waals surface area contributed by atoms with E-state index in [1.807, 2.05) is 19.9 Å². The molecule has 31 heavy (non-hydrogen) atoms. The highest BCUT2D eigenvalue weighted by Crippen LogP contribution is 2.35. The fourth-order valence-corrected chi connectivity index (χ4v) is 4.36. The Kier molecular flexibility index (Phi) is 6.94. The van der Waals surface area contributed by atoms with Crippen molar-refractivity contribution in [3.05, 3.63) is 48.0 Å². The van der Waals surface area contributed by atoms with Crippen molar-refractivity contribution in [2.24, 2.45) is 0 Å². The molecule has 0 radical (unpaired) electrons. The van der Waals surface area contributed by atoms with Crippen LogP contribution in [-0.4, -0.2) is 45.9 Å². The van der Waals surface area contributed by atoms with Crippen LogP contribution in [0.1, 0.15) is 26.3 Å². The summed E-state index contributed by atoms with van der Waals surface area (Å²) in [4.78, 5) is 12.8. The van der Waals surface area contributed by atoms with Gasteiger partial charge in [-0.1, -0.05) is 18.2 Å². The number of amides is 1. The second-order valence-electron chi connectivity index (χ2n) is 7.38. The van der Waals surface area contributed by atoms with Gasteiger partial charge in [0, 0.05) is 6.54 Å². The van der Waals surface area contributed by atoms with Crippen LogP contribution >= 0.6 is 0 Å². The molecule has 8 nitrogen and oxygen atoms in total. The first-order valence-corrected chi connectivity index (χ1v) is 11.7. The molecule has 1 amide bonds. The maximum absolute atomic E-state index is 12.8. The monoisotopic (exact) mass is 448 g/mol. The fourth-order valence-electron chi connectivity index (χ4n) is 3.23. The van der Waals surface area contributed by atoms with Crippen LogP contribution in [0.25, 0.3) is 0 Å². The highest BCUT2D eigenvalue weighted by atomic mass is 32.2. The summed E-state index contributed by atoms with van der Waals surface area (Å²) in [5, 5.41) is 2.82. The topological polar surface area (TPSA) is 94.2 Å². The highest BCUT2D eigenvalue weighted by Gasteiger charge is 2.35. The summed E-state index contributed by atoms with van der Waals surface area (Å²) >= 11 is 0. The van der Waals surface area contributed by atoms with Gasteiger partial charge in [0.05, 0.1) is 31.2 Å². The van der Waals surface area contributed by atoms with Crippen molar-refractivity contribution in [3.63, 3.8) is 0 Å². The minimum absolute atomic E-state index is 0.00752. The quantitative estimate of drug-likeness (QED) is 0.667. The summed E-state index contributed by atoms with van der Waals surface area (Å²) in [7, 11) is -1.99. The van der Waals surface area contributed by atoms with Gasteiger partial charge in [-0.2, -0.15) is 0 Å². The summed E-state index contributed by atoms with van der Waals surface area (Å²) in [6, 6.07) is 12.2. The van der Waals surface area contributed by atoms with E-state index in [1.165, 1.54) is 4.31 Å². The Morgan fingerprint density at radius 2 is 1.97 bits per heavy atom. The molecular formula is C22H28N2O6S. The van der Waals surface area contributed by atoms with Crippen molar-refractivity contribution in [1.29, 1.82) is 0 Å². The average Bonchev–Trinajstić information content (AvgIpc) is 2.76. The first-order valence-electron chi connectivity index (χ1n) is 10.1. The third-order valence-corrected chi connectivity index (χ3v) is 6.53. The third-order valence-electron chi connectivity index (χ3n) is 4.79. The van der Waals surface area contributed by atoms with E-state index in [0.29, 0.717) is 22.9 Å². The fraction of sp³-hybridized carbons (Fsp3) is 0.409. The molecule has 1 heterocycles. The number of nitrogens with zero attached hydrogens (tertiary/aromatic N) is 1. The second kappa shape index (κ2) is 9.47. The smallest absolute Gasteiger partial charge is 0.263 e. The van der Waals surface area contributed by atoms with E-state index in [9.17, 15) is 13.2 Å². The van der Waals surface area contributed by atoms with Gasteiger partial charge >= 0.3 is 0 Å².